The molecule has 1 aromatic heterocycles. The molecule has 2 heterocycles. The Morgan fingerprint density at radius 3 is 2.55 bits per heavy atom. The smallest absolute Gasteiger partial charge is 0.231 e. The van der Waals surface area contributed by atoms with Gasteiger partial charge in [-0.2, -0.15) is 0 Å². The number of hydrogen-bond donors (Lipinski definition) is 0. The van der Waals surface area contributed by atoms with Crippen molar-refractivity contribution in [3.05, 3.63) is 52.8 Å². The Kier molecular flexibility index (Phi) is 3.97. The highest BCUT2D eigenvalue weighted by atomic mass is 16.7. The maximum atomic E-state index is 13.0. The largest absolute Gasteiger partial charge is 0.493 e. The van der Waals surface area contributed by atoms with Crippen LogP contribution >= 0.6 is 0 Å². The number of oxime groups is 1. The number of ketones is 1. The highest BCUT2D eigenvalue weighted by Crippen LogP contribution is 2.43. The van der Waals surface area contributed by atoms with Gasteiger partial charge in [0, 0.05) is 28.9 Å². The lowest BCUT2D eigenvalue weighted by Crippen LogP contribution is -2.26. The summed E-state index contributed by atoms with van der Waals surface area (Å²) in [5.74, 6) is 2.31. The van der Waals surface area contributed by atoms with Gasteiger partial charge in [0.05, 0.1) is 12.8 Å². The number of rotatable bonds is 3. The number of hydrogen-bond acceptors (Lipinski definition) is 7. The third-order valence-electron chi connectivity index (χ3n) is 5.40. The molecule has 0 fully saturated rings. The summed E-state index contributed by atoms with van der Waals surface area (Å²) >= 11 is 0. The summed E-state index contributed by atoms with van der Waals surface area (Å²) in [5, 5.41) is 5.20. The molecule has 7 nitrogen and oxygen atoms in total. The molecule has 0 amide bonds. The molecule has 148 valence electrons. The van der Waals surface area contributed by atoms with E-state index in [0.29, 0.717) is 39.7 Å². The minimum absolute atomic E-state index is 0.0162. The van der Waals surface area contributed by atoms with Gasteiger partial charge in [-0.05, 0) is 36.8 Å². The molecule has 1 aliphatic carbocycles. The van der Waals surface area contributed by atoms with Crippen molar-refractivity contribution < 1.29 is 28.3 Å². The standard InChI is InChI=1S/C22H19NO6/c1-11-6-16-12(4-5-18(25-2)22(16)29-11)14-7-17(24)13-8-19-20(28-10-27-19)9-15(13)21(14)23-26-3/h4-6,8-9,14H,7,10H2,1-3H3. The van der Waals surface area contributed by atoms with Crippen molar-refractivity contribution in [2.24, 2.45) is 5.16 Å². The number of fused-ring (bicyclic) bond motifs is 3. The van der Waals surface area contributed by atoms with Crippen molar-refractivity contribution in [1.29, 1.82) is 0 Å². The Hall–Kier alpha value is -3.48. The van der Waals surface area contributed by atoms with Crippen LogP contribution in [0.4, 0.5) is 0 Å². The Balaban J connectivity index is 1.71. The second kappa shape index (κ2) is 6.55. The lowest BCUT2D eigenvalue weighted by molar-refractivity contribution is 0.0975. The lowest BCUT2D eigenvalue weighted by Gasteiger charge is -2.26. The van der Waals surface area contributed by atoms with Gasteiger partial charge in [-0.25, -0.2) is 0 Å². The van der Waals surface area contributed by atoms with Crippen molar-refractivity contribution in [2.75, 3.05) is 21.0 Å². The number of ether oxygens (including phenoxy) is 3. The van der Waals surface area contributed by atoms with E-state index in [1.807, 2.05) is 25.1 Å². The Morgan fingerprint density at radius 2 is 1.83 bits per heavy atom. The summed E-state index contributed by atoms with van der Waals surface area (Å²) < 4.78 is 22.2. The number of aryl methyl sites for hydroxylation is 1. The van der Waals surface area contributed by atoms with E-state index in [9.17, 15) is 4.79 Å². The fourth-order valence-electron chi connectivity index (χ4n) is 4.14. The number of benzene rings is 2. The fraction of sp³-hybridized carbons (Fsp3) is 0.273. The summed E-state index contributed by atoms with van der Waals surface area (Å²) in [4.78, 5) is 18.2. The molecule has 0 bridgehead atoms. The molecule has 0 N–H and O–H groups in total. The topological polar surface area (TPSA) is 79.5 Å². The number of methoxy groups -OCH3 is 1. The van der Waals surface area contributed by atoms with Crippen LogP contribution in [0.2, 0.25) is 0 Å². The monoisotopic (exact) mass is 393 g/mol. The number of carbonyl (C=O) groups excluding carboxylic acids is 1. The molecule has 2 aromatic carbocycles. The van der Waals surface area contributed by atoms with E-state index in [-0.39, 0.29) is 24.9 Å². The molecular weight excluding hydrogens is 374 g/mol. The first-order valence-corrected chi connectivity index (χ1v) is 9.26. The maximum Gasteiger partial charge on any atom is 0.231 e. The predicted molar refractivity (Wildman–Crippen MR) is 105 cm³/mol. The first-order valence-electron chi connectivity index (χ1n) is 9.26. The number of Topliss-reactive ketones (excluding diaryl/α,β-unsaturated/α-hetero) is 1. The van der Waals surface area contributed by atoms with Crippen molar-refractivity contribution in [1.82, 2.24) is 0 Å². The van der Waals surface area contributed by atoms with Gasteiger partial charge >= 0.3 is 0 Å². The molecule has 29 heavy (non-hydrogen) atoms. The zero-order chi connectivity index (χ0) is 20.1. The summed E-state index contributed by atoms with van der Waals surface area (Å²) in [7, 11) is 3.10. The van der Waals surface area contributed by atoms with E-state index < -0.39 is 0 Å². The summed E-state index contributed by atoms with van der Waals surface area (Å²) in [6.45, 7) is 2.02. The summed E-state index contributed by atoms with van der Waals surface area (Å²) in [6, 6.07) is 9.30. The van der Waals surface area contributed by atoms with Gasteiger partial charge in [-0.3, -0.25) is 4.79 Å². The molecule has 2 aliphatic rings. The lowest BCUT2D eigenvalue weighted by atomic mass is 9.77. The average Bonchev–Trinajstić information content (AvgIpc) is 3.33. The van der Waals surface area contributed by atoms with E-state index in [4.69, 9.17) is 23.5 Å². The minimum Gasteiger partial charge on any atom is -0.493 e. The van der Waals surface area contributed by atoms with E-state index in [1.54, 1.807) is 19.2 Å². The third kappa shape index (κ3) is 2.65. The molecule has 7 heteroatoms. The Bertz CT molecular complexity index is 1180. The van der Waals surface area contributed by atoms with Gasteiger partial charge in [-0.1, -0.05) is 11.2 Å². The van der Waals surface area contributed by atoms with E-state index in [1.165, 1.54) is 7.11 Å². The molecule has 0 spiro atoms. The van der Waals surface area contributed by atoms with Gasteiger partial charge in [0.25, 0.3) is 0 Å². The van der Waals surface area contributed by atoms with Crippen LogP contribution in [0, 0.1) is 6.92 Å². The Morgan fingerprint density at radius 1 is 1.07 bits per heavy atom. The van der Waals surface area contributed by atoms with E-state index >= 15 is 0 Å². The number of carbonyl (C=O) groups is 1. The Labute approximate surface area is 166 Å². The van der Waals surface area contributed by atoms with Crippen LogP contribution in [0.3, 0.4) is 0 Å². The van der Waals surface area contributed by atoms with Crippen LogP contribution < -0.4 is 14.2 Å². The highest BCUT2D eigenvalue weighted by Gasteiger charge is 2.36. The van der Waals surface area contributed by atoms with Gasteiger partial charge in [-0.15, -0.1) is 0 Å². The molecular formula is C22H19NO6. The first-order chi connectivity index (χ1) is 14.1. The van der Waals surface area contributed by atoms with Crippen molar-refractivity contribution in [2.45, 2.75) is 19.3 Å². The van der Waals surface area contributed by atoms with Crippen LogP contribution in [0.5, 0.6) is 17.2 Å². The molecule has 0 saturated carbocycles. The summed E-state index contributed by atoms with van der Waals surface area (Å²) in [5.41, 5.74) is 3.52. The van der Waals surface area contributed by atoms with Crippen molar-refractivity contribution >= 4 is 22.5 Å². The zero-order valence-corrected chi connectivity index (χ0v) is 16.3. The second-order valence-corrected chi connectivity index (χ2v) is 7.05. The molecule has 0 radical (unpaired) electrons. The quantitative estimate of drug-likeness (QED) is 0.621. The van der Waals surface area contributed by atoms with Gasteiger partial charge in [0.1, 0.15) is 12.9 Å². The van der Waals surface area contributed by atoms with Crippen molar-refractivity contribution in [3.63, 3.8) is 0 Å². The van der Waals surface area contributed by atoms with E-state index in [2.05, 4.69) is 5.16 Å². The van der Waals surface area contributed by atoms with Crippen LogP contribution in [0.15, 0.2) is 39.9 Å². The SMILES string of the molecule is CON=C1c2cc3c(cc2C(=O)CC1c1ccc(OC)c2oc(C)cc12)OCO3. The molecule has 1 atom stereocenters. The first kappa shape index (κ1) is 17.6. The zero-order valence-electron chi connectivity index (χ0n) is 16.3. The highest BCUT2D eigenvalue weighted by molar-refractivity contribution is 6.20. The van der Waals surface area contributed by atoms with Crippen LogP contribution in [0.1, 0.15) is 39.6 Å². The second-order valence-electron chi connectivity index (χ2n) is 7.05. The third-order valence-corrected chi connectivity index (χ3v) is 5.40. The normalized spacial score (nSPS) is 18.9. The van der Waals surface area contributed by atoms with Gasteiger partial charge < -0.3 is 23.5 Å². The van der Waals surface area contributed by atoms with Gasteiger partial charge in [0.2, 0.25) is 6.79 Å². The molecule has 1 aliphatic heterocycles. The van der Waals surface area contributed by atoms with Crippen LogP contribution in [-0.4, -0.2) is 32.5 Å². The fourth-order valence-corrected chi connectivity index (χ4v) is 4.14. The number of furan rings is 1. The van der Waals surface area contributed by atoms with Crippen LogP contribution in [0.25, 0.3) is 11.0 Å². The minimum atomic E-state index is -0.291. The van der Waals surface area contributed by atoms with Gasteiger partial charge in [0.15, 0.2) is 28.6 Å². The molecule has 3 aromatic rings. The molecule has 5 rings (SSSR count). The average molecular weight is 393 g/mol. The van der Waals surface area contributed by atoms with Crippen LogP contribution in [-0.2, 0) is 4.84 Å². The predicted octanol–water partition coefficient (Wildman–Crippen LogP) is 4.20. The maximum absolute atomic E-state index is 13.0. The summed E-state index contributed by atoms with van der Waals surface area (Å²) in [6.07, 6.45) is 0.264. The molecule has 0 saturated heterocycles. The van der Waals surface area contributed by atoms with E-state index in [0.717, 1.165) is 16.7 Å². The van der Waals surface area contributed by atoms with Crippen molar-refractivity contribution in [3.8, 4) is 17.2 Å². The molecule has 1 unspecified atom stereocenters. The number of nitrogens with zero attached hydrogens (tertiary/aromatic N) is 1.